The third-order valence-electron chi connectivity index (χ3n) is 2.78. The third kappa shape index (κ3) is 4.89. The second-order valence-corrected chi connectivity index (χ2v) is 7.56. The van der Waals surface area contributed by atoms with Crippen LogP contribution in [-0.4, -0.2) is 38.1 Å². The molecular weight excluding hydrogens is 369 g/mol. The Morgan fingerprint density at radius 1 is 1.25 bits per heavy atom. The minimum absolute atomic E-state index is 0.0156. The second-order valence-electron chi connectivity index (χ2n) is 4.64. The van der Waals surface area contributed by atoms with E-state index in [4.69, 9.17) is 9.47 Å². The fraction of sp³-hybridized carbons (Fsp3) is 0.385. The number of nitrogens with zero attached hydrogens (tertiary/aromatic N) is 2. The summed E-state index contributed by atoms with van der Waals surface area (Å²) in [4.78, 5) is 3.74. The first kappa shape index (κ1) is 18.6. The molecule has 2 aromatic rings. The van der Waals surface area contributed by atoms with E-state index in [1.165, 1.54) is 13.2 Å². The molecule has 6 nitrogen and oxygen atoms in total. The van der Waals surface area contributed by atoms with Crippen molar-refractivity contribution in [2.75, 3.05) is 20.3 Å². The van der Waals surface area contributed by atoms with Gasteiger partial charge in [-0.2, -0.15) is 18.2 Å². The Morgan fingerprint density at radius 3 is 2.67 bits per heavy atom. The van der Waals surface area contributed by atoms with Gasteiger partial charge < -0.3 is 9.47 Å². The number of alkyl halides is 3. The van der Waals surface area contributed by atoms with Crippen LogP contribution in [-0.2, 0) is 26.5 Å². The fourth-order valence-electron chi connectivity index (χ4n) is 1.72. The van der Waals surface area contributed by atoms with Crippen LogP contribution in [0.3, 0.4) is 0 Å². The van der Waals surface area contributed by atoms with Crippen LogP contribution in [0.25, 0.3) is 0 Å². The van der Waals surface area contributed by atoms with Gasteiger partial charge in [0.2, 0.25) is 14.2 Å². The van der Waals surface area contributed by atoms with Crippen LogP contribution in [0, 0.1) is 0 Å². The molecule has 0 atom stereocenters. The zero-order valence-electron chi connectivity index (χ0n) is 12.4. The summed E-state index contributed by atoms with van der Waals surface area (Å²) in [6, 6.07) is 4.04. The molecule has 11 heteroatoms. The molecule has 0 bridgehead atoms. The van der Waals surface area contributed by atoms with E-state index in [-0.39, 0.29) is 29.1 Å². The van der Waals surface area contributed by atoms with Crippen molar-refractivity contribution in [3.05, 3.63) is 35.4 Å². The molecule has 1 aromatic heterocycles. The van der Waals surface area contributed by atoms with E-state index in [2.05, 4.69) is 9.36 Å². The average molecular weight is 382 g/mol. The summed E-state index contributed by atoms with van der Waals surface area (Å²) in [7, 11) is -2.44. The number of halogens is 3. The summed E-state index contributed by atoms with van der Waals surface area (Å²) in [6.07, 6.45) is -4.54. The standard InChI is InChI=1S/C13H13F3N2O4S2/c1-21-5-6-22-11-17-12(23-18-11)24(19,20)8-9-3-2-4-10(7-9)13(14,15)16/h2-4,7H,5-6,8H2,1H3. The summed E-state index contributed by atoms with van der Waals surface area (Å²) in [5, 5.41) is 0. The molecule has 0 unspecified atom stereocenters. The number of hydrogen-bond donors (Lipinski definition) is 0. The zero-order chi connectivity index (χ0) is 17.8. The van der Waals surface area contributed by atoms with Crippen molar-refractivity contribution in [1.29, 1.82) is 0 Å². The lowest BCUT2D eigenvalue weighted by Crippen LogP contribution is -2.09. The lowest BCUT2D eigenvalue weighted by atomic mass is 10.1. The van der Waals surface area contributed by atoms with Gasteiger partial charge in [0.1, 0.15) is 6.61 Å². The van der Waals surface area contributed by atoms with Crippen LogP contribution >= 0.6 is 11.5 Å². The van der Waals surface area contributed by atoms with Gasteiger partial charge in [-0.05, 0) is 11.6 Å². The zero-order valence-corrected chi connectivity index (χ0v) is 14.0. The average Bonchev–Trinajstić information content (AvgIpc) is 2.96. The van der Waals surface area contributed by atoms with Crippen LogP contribution in [0.5, 0.6) is 6.01 Å². The van der Waals surface area contributed by atoms with Gasteiger partial charge in [-0.3, -0.25) is 0 Å². The summed E-state index contributed by atoms with van der Waals surface area (Å²) in [6.45, 7) is 0.436. The Labute approximate surface area is 140 Å². The smallest absolute Gasteiger partial charge is 0.416 e. The molecule has 2 rings (SSSR count). The molecule has 0 amide bonds. The van der Waals surface area contributed by atoms with Gasteiger partial charge in [0.05, 0.1) is 17.9 Å². The third-order valence-corrected chi connectivity index (χ3v) is 5.60. The van der Waals surface area contributed by atoms with Gasteiger partial charge >= 0.3 is 12.2 Å². The largest absolute Gasteiger partial charge is 0.460 e. The van der Waals surface area contributed by atoms with Crippen LogP contribution < -0.4 is 4.74 Å². The highest BCUT2D eigenvalue weighted by Gasteiger charge is 2.31. The number of sulfone groups is 1. The predicted molar refractivity (Wildman–Crippen MR) is 79.6 cm³/mol. The first-order chi connectivity index (χ1) is 11.2. The minimum atomic E-state index is -4.54. The maximum absolute atomic E-state index is 12.7. The lowest BCUT2D eigenvalue weighted by Gasteiger charge is -2.08. The maximum atomic E-state index is 12.7. The number of aromatic nitrogens is 2. The monoisotopic (exact) mass is 382 g/mol. The van der Waals surface area contributed by atoms with Gasteiger partial charge in [0.25, 0.3) is 0 Å². The molecule has 0 spiro atoms. The summed E-state index contributed by atoms with van der Waals surface area (Å²) in [5.41, 5.74) is -0.891. The Balaban J connectivity index is 2.14. The molecule has 0 aliphatic heterocycles. The quantitative estimate of drug-likeness (QED) is 0.685. The Kier molecular flexibility index (Phi) is 5.78. The molecule has 0 radical (unpaired) electrons. The van der Waals surface area contributed by atoms with Crippen LogP contribution in [0.15, 0.2) is 28.6 Å². The molecular formula is C13H13F3N2O4S2. The van der Waals surface area contributed by atoms with Crippen molar-refractivity contribution >= 4 is 21.4 Å². The van der Waals surface area contributed by atoms with Crippen LogP contribution in [0.4, 0.5) is 13.2 Å². The van der Waals surface area contributed by atoms with Gasteiger partial charge in [-0.25, -0.2) is 8.42 Å². The normalized spacial score (nSPS) is 12.3. The van der Waals surface area contributed by atoms with E-state index >= 15 is 0 Å². The molecule has 1 heterocycles. The topological polar surface area (TPSA) is 78.4 Å². The van der Waals surface area contributed by atoms with Crippen molar-refractivity contribution in [3.63, 3.8) is 0 Å². The minimum Gasteiger partial charge on any atom is -0.460 e. The van der Waals surface area contributed by atoms with Gasteiger partial charge in [-0.15, -0.1) is 4.37 Å². The number of benzene rings is 1. The van der Waals surface area contributed by atoms with Crippen LogP contribution in [0.2, 0.25) is 0 Å². The summed E-state index contributed by atoms with van der Waals surface area (Å²) in [5.74, 6) is -0.608. The summed E-state index contributed by atoms with van der Waals surface area (Å²) >= 11 is 0.606. The van der Waals surface area contributed by atoms with E-state index < -0.39 is 27.3 Å². The first-order valence-electron chi connectivity index (χ1n) is 6.57. The molecule has 24 heavy (non-hydrogen) atoms. The number of rotatable bonds is 7. The Bertz CT molecular complexity index is 791. The number of hydrogen-bond acceptors (Lipinski definition) is 7. The molecule has 0 aliphatic rings. The highest BCUT2D eigenvalue weighted by atomic mass is 32.2. The fourth-order valence-corrected chi connectivity index (χ4v) is 3.79. The molecule has 1 aromatic carbocycles. The highest BCUT2D eigenvalue weighted by Crippen LogP contribution is 2.30. The van der Waals surface area contributed by atoms with Gasteiger partial charge in [0.15, 0.2) is 0 Å². The van der Waals surface area contributed by atoms with Crippen molar-refractivity contribution in [2.24, 2.45) is 0 Å². The molecule has 0 aliphatic carbocycles. The first-order valence-corrected chi connectivity index (χ1v) is 8.99. The van der Waals surface area contributed by atoms with Gasteiger partial charge in [-0.1, -0.05) is 18.2 Å². The molecule has 132 valence electrons. The lowest BCUT2D eigenvalue weighted by molar-refractivity contribution is -0.137. The maximum Gasteiger partial charge on any atom is 0.416 e. The van der Waals surface area contributed by atoms with Crippen LogP contribution in [0.1, 0.15) is 11.1 Å². The number of ether oxygens (including phenoxy) is 2. The van der Waals surface area contributed by atoms with E-state index in [9.17, 15) is 21.6 Å². The molecule has 0 N–H and O–H groups in total. The van der Waals surface area contributed by atoms with Crippen molar-refractivity contribution in [3.8, 4) is 6.01 Å². The SMILES string of the molecule is COCCOc1nsc(S(=O)(=O)Cc2cccc(C(F)(F)F)c2)n1. The summed E-state index contributed by atoms with van der Waals surface area (Å²) < 4.78 is 75.8. The van der Waals surface area contributed by atoms with Gasteiger partial charge in [0, 0.05) is 18.6 Å². The molecule has 0 saturated heterocycles. The van der Waals surface area contributed by atoms with E-state index in [1.807, 2.05) is 0 Å². The Hall–Kier alpha value is -1.72. The van der Waals surface area contributed by atoms with E-state index in [0.29, 0.717) is 11.5 Å². The predicted octanol–water partition coefficient (Wildman–Crippen LogP) is 2.56. The Morgan fingerprint density at radius 2 is 2.00 bits per heavy atom. The molecule has 0 saturated carbocycles. The number of methoxy groups -OCH3 is 1. The van der Waals surface area contributed by atoms with E-state index in [1.54, 1.807) is 0 Å². The van der Waals surface area contributed by atoms with Crippen molar-refractivity contribution in [1.82, 2.24) is 9.36 Å². The van der Waals surface area contributed by atoms with Crippen molar-refractivity contribution in [2.45, 2.75) is 16.3 Å². The highest BCUT2D eigenvalue weighted by molar-refractivity contribution is 7.92. The second kappa shape index (κ2) is 7.45. The molecule has 0 fully saturated rings. The van der Waals surface area contributed by atoms with E-state index in [0.717, 1.165) is 18.2 Å². The van der Waals surface area contributed by atoms with Crippen molar-refractivity contribution < 1.29 is 31.1 Å².